The van der Waals surface area contributed by atoms with Crippen LogP contribution in [0, 0.1) is 0 Å². The van der Waals surface area contributed by atoms with Gasteiger partial charge in [0.05, 0.1) is 0 Å². The molecular formula is C13H15ClN2. The van der Waals surface area contributed by atoms with Crippen molar-refractivity contribution < 1.29 is 0 Å². The Bertz CT molecular complexity index is 498. The van der Waals surface area contributed by atoms with E-state index in [9.17, 15) is 0 Å². The minimum Gasteiger partial charge on any atom is -0.330 e. The van der Waals surface area contributed by atoms with Crippen molar-refractivity contribution in [1.29, 1.82) is 0 Å². The van der Waals surface area contributed by atoms with Gasteiger partial charge in [-0.3, -0.25) is 0 Å². The second kappa shape index (κ2) is 4.10. The lowest BCUT2D eigenvalue weighted by Crippen LogP contribution is -2.04. The Kier molecular flexibility index (Phi) is 2.60. The molecule has 0 unspecified atom stereocenters. The molecule has 0 spiro atoms. The molecule has 1 aliphatic carbocycles. The van der Waals surface area contributed by atoms with Crippen molar-refractivity contribution in [1.82, 2.24) is 9.97 Å². The first-order chi connectivity index (χ1) is 7.83. The predicted octanol–water partition coefficient (Wildman–Crippen LogP) is 4.26. The zero-order valence-electron chi connectivity index (χ0n) is 9.17. The van der Waals surface area contributed by atoms with E-state index in [-0.39, 0.29) is 0 Å². The lowest BCUT2D eigenvalue weighted by Gasteiger charge is -2.21. The number of fused-ring (bicyclic) bond motifs is 1. The number of nitrogens with one attached hydrogen (secondary N) is 1. The number of pyridine rings is 1. The van der Waals surface area contributed by atoms with Crippen LogP contribution in [0.15, 0.2) is 18.3 Å². The van der Waals surface area contributed by atoms with Gasteiger partial charge in [-0.15, -0.1) is 0 Å². The zero-order valence-corrected chi connectivity index (χ0v) is 9.93. The molecule has 1 fully saturated rings. The summed E-state index contributed by atoms with van der Waals surface area (Å²) in [6.45, 7) is 0. The summed E-state index contributed by atoms with van der Waals surface area (Å²) >= 11 is 5.93. The second-order valence-corrected chi connectivity index (χ2v) is 5.07. The molecule has 2 aromatic rings. The maximum absolute atomic E-state index is 5.93. The Balaban J connectivity index is 1.97. The number of hydrogen-bond donors (Lipinski definition) is 1. The van der Waals surface area contributed by atoms with Crippen LogP contribution >= 0.6 is 11.6 Å². The number of aromatic amines is 1. The number of rotatable bonds is 1. The highest BCUT2D eigenvalue weighted by Gasteiger charge is 2.16. The molecule has 2 aromatic heterocycles. The number of nitrogens with zero attached hydrogens (tertiary/aromatic N) is 1. The Morgan fingerprint density at radius 3 is 2.81 bits per heavy atom. The van der Waals surface area contributed by atoms with Crippen LogP contribution in [0.1, 0.15) is 43.6 Å². The standard InChI is InChI=1S/C13H15ClN2/c14-12-7-10-6-11(8-15-13(10)16-12)9-4-2-1-3-5-9/h6-9H,1-5H2,(H,15,16). The molecule has 0 atom stereocenters. The van der Waals surface area contributed by atoms with Crippen molar-refractivity contribution in [3.8, 4) is 0 Å². The smallest absolute Gasteiger partial charge is 0.138 e. The zero-order chi connectivity index (χ0) is 11.0. The summed E-state index contributed by atoms with van der Waals surface area (Å²) < 4.78 is 0. The van der Waals surface area contributed by atoms with Gasteiger partial charge in [0, 0.05) is 11.6 Å². The fourth-order valence-corrected chi connectivity index (χ4v) is 2.87. The first kappa shape index (κ1) is 10.2. The summed E-state index contributed by atoms with van der Waals surface area (Å²) in [6.07, 6.45) is 8.73. The van der Waals surface area contributed by atoms with E-state index in [1.807, 2.05) is 12.3 Å². The predicted molar refractivity (Wildman–Crippen MR) is 66.9 cm³/mol. The summed E-state index contributed by atoms with van der Waals surface area (Å²) in [5, 5.41) is 1.80. The Morgan fingerprint density at radius 1 is 1.19 bits per heavy atom. The maximum atomic E-state index is 5.93. The third-order valence-electron chi connectivity index (χ3n) is 3.53. The van der Waals surface area contributed by atoms with Gasteiger partial charge in [0.25, 0.3) is 0 Å². The van der Waals surface area contributed by atoms with Crippen LogP contribution in [0.2, 0.25) is 5.15 Å². The van der Waals surface area contributed by atoms with E-state index in [0.717, 1.165) is 11.0 Å². The van der Waals surface area contributed by atoms with E-state index in [0.29, 0.717) is 11.1 Å². The monoisotopic (exact) mass is 234 g/mol. The molecule has 0 aliphatic heterocycles. The lowest BCUT2D eigenvalue weighted by molar-refractivity contribution is 0.443. The summed E-state index contributed by atoms with van der Waals surface area (Å²) in [5.41, 5.74) is 2.27. The Labute approximate surface area is 100 Å². The van der Waals surface area contributed by atoms with Crippen LogP contribution in [0.5, 0.6) is 0 Å². The molecule has 84 valence electrons. The fraction of sp³-hybridized carbons (Fsp3) is 0.462. The van der Waals surface area contributed by atoms with Crippen molar-refractivity contribution in [2.75, 3.05) is 0 Å². The van der Waals surface area contributed by atoms with E-state index in [4.69, 9.17) is 11.6 Å². The topological polar surface area (TPSA) is 28.7 Å². The highest BCUT2D eigenvalue weighted by Crippen LogP contribution is 2.33. The molecule has 1 aliphatic rings. The van der Waals surface area contributed by atoms with Gasteiger partial charge >= 0.3 is 0 Å². The molecule has 0 saturated heterocycles. The van der Waals surface area contributed by atoms with Gasteiger partial charge in [-0.25, -0.2) is 4.98 Å². The first-order valence-electron chi connectivity index (χ1n) is 5.97. The number of aromatic nitrogens is 2. The van der Waals surface area contributed by atoms with E-state index in [1.165, 1.54) is 37.7 Å². The Hall–Kier alpha value is -1.02. The molecule has 3 rings (SSSR count). The normalized spacial score (nSPS) is 18.1. The molecule has 0 amide bonds. The molecule has 2 heterocycles. The summed E-state index contributed by atoms with van der Waals surface area (Å²) in [6, 6.07) is 4.19. The van der Waals surface area contributed by atoms with Gasteiger partial charge in [0.1, 0.15) is 10.8 Å². The Morgan fingerprint density at radius 2 is 2.00 bits per heavy atom. The van der Waals surface area contributed by atoms with Gasteiger partial charge in [-0.1, -0.05) is 30.9 Å². The van der Waals surface area contributed by atoms with E-state index in [1.54, 1.807) is 0 Å². The minimum absolute atomic E-state index is 0.670. The first-order valence-corrected chi connectivity index (χ1v) is 6.35. The molecule has 0 bridgehead atoms. The largest absolute Gasteiger partial charge is 0.330 e. The molecule has 1 saturated carbocycles. The molecule has 16 heavy (non-hydrogen) atoms. The van der Waals surface area contributed by atoms with Crippen molar-refractivity contribution in [3.05, 3.63) is 29.0 Å². The fourth-order valence-electron chi connectivity index (χ4n) is 2.66. The van der Waals surface area contributed by atoms with Gasteiger partial charge < -0.3 is 4.98 Å². The average molecular weight is 235 g/mol. The maximum Gasteiger partial charge on any atom is 0.138 e. The van der Waals surface area contributed by atoms with E-state index in [2.05, 4.69) is 16.0 Å². The van der Waals surface area contributed by atoms with Crippen LogP contribution in [0.3, 0.4) is 0 Å². The highest BCUT2D eigenvalue weighted by atomic mass is 35.5. The van der Waals surface area contributed by atoms with E-state index >= 15 is 0 Å². The molecule has 0 aromatic carbocycles. The van der Waals surface area contributed by atoms with Crippen LogP contribution in [0.25, 0.3) is 11.0 Å². The van der Waals surface area contributed by atoms with E-state index < -0.39 is 0 Å². The number of H-pyrrole nitrogens is 1. The molecule has 0 radical (unpaired) electrons. The summed E-state index contributed by atoms with van der Waals surface area (Å²) in [7, 11) is 0. The SMILES string of the molecule is Clc1cc2cc(C3CCCCC3)cnc2[nH]1. The third-order valence-corrected chi connectivity index (χ3v) is 3.74. The van der Waals surface area contributed by atoms with Gasteiger partial charge in [-0.2, -0.15) is 0 Å². The highest BCUT2D eigenvalue weighted by molar-refractivity contribution is 6.30. The van der Waals surface area contributed by atoms with Crippen LogP contribution in [0.4, 0.5) is 0 Å². The third kappa shape index (κ3) is 1.82. The van der Waals surface area contributed by atoms with Crippen molar-refractivity contribution in [3.63, 3.8) is 0 Å². The van der Waals surface area contributed by atoms with Crippen LogP contribution < -0.4 is 0 Å². The molecule has 2 nitrogen and oxygen atoms in total. The molecule has 1 N–H and O–H groups in total. The molecular weight excluding hydrogens is 220 g/mol. The van der Waals surface area contributed by atoms with Crippen LogP contribution in [-0.4, -0.2) is 9.97 Å². The summed E-state index contributed by atoms with van der Waals surface area (Å²) in [4.78, 5) is 7.48. The average Bonchev–Trinajstić information content (AvgIpc) is 2.69. The van der Waals surface area contributed by atoms with Crippen LogP contribution in [-0.2, 0) is 0 Å². The second-order valence-electron chi connectivity index (χ2n) is 4.66. The quantitative estimate of drug-likeness (QED) is 0.785. The van der Waals surface area contributed by atoms with Crippen molar-refractivity contribution in [2.24, 2.45) is 0 Å². The number of halogens is 1. The molecule has 3 heteroatoms. The van der Waals surface area contributed by atoms with Gasteiger partial charge in [0.15, 0.2) is 0 Å². The minimum atomic E-state index is 0.670. The van der Waals surface area contributed by atoms with Gasteiger partial charge in [0.2, 0.25) is 0 Å². The van der Waals surface area contributed by atoms with Crippen molar-refractivity contribution >= 4 is 22.6 Å². The van der Waals surface area contributed by atoms with Crippen molar-refractivity contribution in [2.45, 2.75) is 38.0 Å². The van der Waals surface area contributed by atoms with Gasteiger partial charge in [-0.05, 0) is 36.5 Å². The number of hydrogen-bond acceptors (Lipinski definition) is 1. The summed E-state index contributed by atoms with van der Waals surface area (Å²) in [5.74, 6) is 0.708. The lowest BCUT2D eigenvalue weighted by atomic mass is 9.85.